The molecule has 2 heterocycles. The third kappa shape index (κ3) is 9.11. The summed E-state index contributed by atoms with van der Waals surface area (Å²) in [4.78, 5) is 30.4. The zero-order chi connectivity index (χ0) is 25.1. The Hall–Kier alpha value is -1.78. The molecule has 8 nitrogen and oxygen atoms in total. The summed E-state index contributed by atoms with van der Waals surface area (Å²) in [5.41, 5.74) is 0. The van der Waals surface area contributed by atoms with Gasteiger partial charge >= 0.3 is 0 Å². The smallest absolute Gasteiger partial charge is 0.246 e. The monoisotopic (exact) mass is 496 g/mol. The molecule has 1 aliphatic rings. The molecule has 0 radical (unpaired) electrons. The lowest BCUT2D eigenvalue weighted by molar-refractivity contribution is -0.140. The van der Waals surface area contributed by atoms with Gasteiger partial charge in [-0.05, 0) is 42.7 Å². The van der Waals surface area contributed by atoms with Crippen LogP contribution in [0.4, 0.5) is 0 Å². The molecule has 0 aliphatic carbocycles. The van der Waals surface area contributed by atoms with E-state index in [2.05, 4.69) is 13.8 Å². The van der Waals surface area contributed by atoms with Crippen LogP contribution in [0.15, 0.2) is 23.6 Å². The van der Waals surface area contributed by atoms with Gasteiger partial charge < -0.3 is 29.5 Å². The molecule has 0 unspecified atom stereocenters. The maximum atomic E-state index is 13.3. The summed E-state index contributed by atoms with van der Waals surface area (Å²) >= 11 is 1.57. The number of rotatable bonds is 5. The molecule has 192 valence electrons. The Balaban J connectivity index is 2.33. The molecular weight excluding hydrogens is 456 g/mol. The van der Waals surface area contributed by atoms with Crippen LogP contribution in [0, 0.1) is 5.92 Å². The molecule has 4 atom stereocenters. The summed E-state index contributed by atoms with van der Waals surface area (Å²) in [6.45, 7) is 7.03. The number of carbonyl (C=O) groups excluding carboxylic acids is 2. The molecular formula is C25H40N2O6S. The summed E-state index contributed by atoms with van der Waals surface area (Å²) in [5.74, 6) is 0.0416. The highest BCUT2D eigenvalue weighted by atomic mass is 32.1. The first-order valence-corrected chi connectivity index (χ1v) is 12.8. The van der Waals surface area contributed by atoms with Gasteiger partial charge in [-0.15, -0.1) is 11.3 Å². The summed E-state index contributed by atoms with van der Waals surface area (Å²) in [5, 5.41) is 22.9. The average Bonchev–Trinajstić information content (AvgIpc) is 3.31. The van der Waals surface area contributed by atoms with Gasteiger partial charge in [-0.1, -0.05) is 19.9 Å². The Morgan fingerprint density at radius 3 is 2.68 bits per heavy atom. The lowest BCUT2D eigenvalue weighted by Gasteiger charge is -2.38. The highest BCUT2D eigenvalue weighted by molar-refractivity contribution is 7.10. The van der Waals surface area contributed by atoms with Gasteiger partial charge in [0.05, 0.1) is 6.61 Å². The normalized spacial score (nSPS) is 26.1. The molecule has 2 rings (SSSR count). The van der Waals surface area contributed by atoms with Crippen molar-refractivity contribution in [2.75, 3.05) is 40.0 Å². The van der Waals surface area contributed by atoms with Crippen molar-refractivity contribution in [3.63, 3.8) is 0 Å². The van der Waals surface area contributed by atoms with E-state index < -0.39 is 18.3 Å². The number of aliphatic hydroxyl groups is 2. The summed E-state index contributed by atoms with van der Waals surface area (Å²) < 4.78 is 11.0. The Labute approximate surface area is 207 Å². The summed E-state index contributed by atoms with van der Waals surface area (Å²) in [6, 6.07) is 3.70. The van der Waals surface area contributed by atoms with Crippen LogP contribution in [0.1, 0.15) is 44.9 Å². The van der Waals surface area contributed by atoms with Crippen LogP contribution in [-0.2, 0) is 19.1 Å². The molecule has 1 saturated heterocycles. The average molecular weight is 497 g/mol. The number of aliphatic hydroxyl groups excluding tert-OH is 2. The van der Waals surface area contributed by atoms with Crippen molar-refractivity contribution in [2.45, 2.75) is 64.4 Å². The van der Waals surface area contributed by atoms with Gasteiger partial charge in [-0.3, -0.25) is 9.59 Å². The van der Waals surface area contributed by atoms with Crippen molar-refractivity contribution in [2.24, 2.45) is 5.92 Å². The van der Waals surface area contributed by atoms with Crippen molar-refractivity contribution >= 4 is 29.2 Å². The maximum Gasteiger partial charge on any atom is 0.246 e. The molecule has 0 aromatic carbocycles. The van der Waals surface area contributed by atoms with E-state index in [1.807, 2.05) is 28.5 Å². The molecule has 1 fully saturated rings. The van der Waals surface area contributed by atoms with E-state index in [0.29, 0.717) is 32.0 Å². The molecule has 2 N–H and O–H groups in total. The van der Waals surface area contributed by atoms with Crippen LogP contribution >= 0.6 is 11.3 Å². The lowest BCUT2D eigenvalue weighted by Crippen LogP contribution is -2.53. The predicted octanol–water partition coefficient (Wildman–Crippen LogP) is 2.40. The second-order valence-electron chi connectivity index (χ2n) is 9.20. The van der Waals surface area contributed by atoms with Crippen LogP contribution < -0.4 is 0 Å². The van der Waals surface area contributed by atoms with Gasteiger partial charge in [0.2, 0.25) is 11.8 Å². The molecule has 1 aromatic heterocycles. The minimum absolute atomic E-state index is 0.0245. The fourth-order valence-electron chi connectivity index (χ4n) is 4.11. The number of carbonyl (C=O) groups is 2. The Kier molecular flexibility index (Phi) is 12.2. The standard InChI is InChI=1S/C25H40N2O6S/c1-18(2)14-20-15-26(19(3)28)16-23(32-4)25(31)22(29)17-33-12-6-5-11-27(20)24(30)10-9-21-8-7-13-34-21/h7-10,13,18,20,22-23,25,29,31H,5-6,11-12,14-17H2,1-4H3/t20-,22+,23+,25+/m0/s1. The summed E-state index contributed by atoms with van der Waals surface area (Å²) in [6.07, 6.45) is 2.49. The second-order valence-corrected chi connectivity index (χ2v) is 10.2. The molecule has 0 spiro atoms. The fourth-order valence-corrected chi connectivity index (χ4v) is 4.73. The van der Waals surface area contributed by atoms with Gasteiger partial charge in [-0.2, -0.15) is 0 Å². The minimum atomic E-state index is -1.20. The summed E-state index contributed by atoms with van der Waals surface area (Å²) in [7, 11) is 1.44. The number of methoxy groups -OCH3 is 1. The first kappa shape index (κ1) is 28.5. The number of hydrogen-bond acceptors (Lipinski definition) is 7. The topological polar surface area (TPSA) is 99.5 Å². The largest absolute Gasteiger partial charge is 0.388 e. The van der Waals surface area contributed by atoms with E-state index in [-0.39, 0.29) is 31.0 Å². The molecule has 1 aromatic rings. The third-order valence-electron chi connectivity index (χ3n) is 5.98. The van der Waals surface area contributed by atoms with E-state index in [0.717, 1.165) is 17.7 Å². The SMILES string of the molecule is CO[C@@H]1CN(C(C)=O)C[C@H](CC(C)C)N(C(=O)C=Cc2cccs2)CCCCOC[C@@H](O)[C@H]1O. The van der Waals surface area contributed by atoms with Gasteiger partial charge in [-0.25, -0.2) is 0 Å². The zero-order valence-electron chi connectivity index (χ0n) is 20.8. The highest BCUT2D eigenvalue weighted by Crippen LogP contribution is 2.19. The molecule has 0 bridgehead atoms. The first-order chi connectivity index (χ1) is 16.2. The van der Waals surface area contributed by atoms with Crippen LogP contribution in [0.25, 0.3) is 6.08 Å². The van der Waals surface area contributed by atoms with E-state index in [4.69, 9.17) is 9.47 Å². The molecule has 1 aliphatic heterocycles. The Bertz CT molecular complexity index is 769. The van der Waals surface area contributed by atoms with Crippen molar-refractivity contribution in [3.8, 4) is 0 Å². The van der Waals surface area contributed by atoms with Crippen LogP contribution in [0.2, 0.25) is 0 Å². The van der Waals surface area contributed by atoms with Crippen molar-refractivity contribution < 1.29 is 29.3 Å². The van der Waals surface area contributed by atoms with Gasteiger partial charge in [0.1, 0.15) is 18.3 Å². The van der Waals surface area contributed by atoms with Crippen molar-refractivity contribution in [3.05, 3.63) is 28.5 Å². The second kappa shape index (κ2) is 14.6. The lowest BCUT2D eigenvalue weighted by atomic mass is 10.00. The third-order valence-corrected chi connectivity index (χ3v) is 6.82. The van der Waals surface area contributed by atoms with Crippen molar-refractivity contribution in [1.82, 2.24) is 9.80 Å². The Morgan fingerprint density at radius 1 is 1.29 bits per heavy atom. The molecule has 34 heavy (non-hydrogen) atoms. The minimum Gasteiger partial charge on any atom is -0.388 e. The number of thiophene rings is 1. The molecule has 9 heteroatoms. The Morgan fingerprint density at radius 2 is 2.06 bits per heavy atom. The number of hydrogen-bond donors (Lipinski definition) is 2. The quantitative estimate of drug-likeness (QED) is 0.608. The van der Waals surface area contributed by atoms with Crippen LogP contribution in [0.3, 0.4) is 0 Å². The van der Waals surface area contributed by atoms with Crippen LogP contribution in [-0.4, -0.2) is 96.1 Å². The van der Waals surface area contributed by atoms with E-state index in [1.165, 1.54) is 14.0 Å². The van der Waals surface area contributed by atoms with E-state index in [1.54, 1.807) is 22.3 Å². The van der Waals surface area contributed by atoms with E-state index >= 15 is 0 Å². The van der Waals surface area contributed by atoms with Crippen molar-refractivity contribution in [1.29, 1.82) is 0 Å². The number of ether oxygens (including phenoxy) is 2. The van der Waals surface area contributed by atoms with Gasteiger partial charge in [0.25, 0.3) is 0 Å². The molecule has 2 amide bonds. The highest BCUT2D eigenvalue weighted by Gasteiger charge is 2.32. The van der Waals surface area contributed by atoms with Gasteiger partial charge in [0, 0.05) is 57.3 Å². The zero-order valence-corrected chi connectivity index (χ0v) is 21.6. The number of nitrogens with zero attached hydrogens (tertiary/aromatic N) is 2. The van der Waals surface area contributed by atoms with Crippen LogP contribution in [0.5, 0.6) is 0 Å². The number of amides is 2. The fraction of sp³-hybridized carbons (Fsp3) is 0.680. The van der Waals surface area contributed by atoms with Gasteiger partial charge in [0.15, 0.2) is 0 Å². The molecule has 0 saturated carbocycles. The van der Waals surface area contributed by atoms with E-state index in [9.17, 15) is 19.8 Å². The maximum absolute atomic E-state index is 13.3. The predicted molar refractivity (Wildman–Crippen MR) is 133 cm³/mol. The first-order valence-electron chi connectivity index (χ1n) is 12.0.